The summed E-state index contributed by atoms with van der Waals surface area (Å²) in [5.74, 6) is 0. The molecule has 1 aliphatic rings. The maximum absolute atomic E-state index is 12.2. The predicted molar refractivity (Wildman–Crippen MR) is 74.6 cm³/mol. The fourth-order valence-electron chi connectivity index (χ4n) is 2.11. The van der Waals surface area contributed by atoms with E-state index in [1.165, 1.54) is 10.7 Å². The fourth-order valence-corrected chi connectivity index (χ4v) is 4.52. The van der Waals surface area contributed by atoms with Crippen molar-refractivity contribution in [2.45, 2.75) is 57.5 Å². The van der Waals surface area contributed by atoms with Crippen LogP contribution in [-0.2, 0) is 10.2 Å². The Morgan fingerprint density at radius 1 is 1.29 bits per heavy atom. The normalized spacial score (nSPS) is 21.1. The highest BCUT2D eigenvalue weighted by atomic mass is 79.9. The van der Waals surface area contributed by atoms with Gasteiger partial charge in [-0.25, -0.2) is 0 Å². The molecule has 0 amide bonds. The van der Waals surface area contributed by atoms with Crippen LogP contribution < -0.4 is 4.72 Å². The van der Waals surface area contributed by atoms with Crippen LogP contribution in [0.4, 0.5) is 0 Å². The minimum atomic E-state index is -3.38. The van der Waals surface area contributed by atoms with Gasteiger partial charge in [0.2, 0.25) is 0 Å². The Kier molecular flexibility index (Phi) is 5.43. The molecule has 1 rings (SSSR count). The molecule has 0 aromatic carbocycles. The molecule has 17 heavy (non-hydrogen) atoms. The molecule has 1 fully saturated rings. The summed E-state index contributed by atoms with van der Waals surface area (Å²) < 4.78 is 28.7. The number of rotatable bonds is 5. The predicted octanol–water partition coefficient (Wildman–Crippen LogP) is 2.26. The van der Waals surface area contributed by atoms with Crippen LogP contribution >= 0.6 is 15.9 Å². The van der Waals surface area contributed by atoms with Crippen molar-refractivity contribution in [3.63, 3.8) is 0 Å². The van der Waals surface area contributed by atoms with Gasteiger partial charge in [0.05, 0.1) is 0 Å². The molecule has 1 saturated carbocycles. The molecule has 1 aliphatic carbocycles. The maximum Gasteiger partial charge on any atom is 0.279 e. The van der Waals surface area contributed by atoms with Crippen molar-refractivity contribution in [2.24, 2.45) is 0 Å². The lowest BCUT2D eigenvalue weighted by Crippen LogP contribution is -2.55. The number of hydrogen-bond acceptors (Lipinski definition) is 2. The summed E-state index contributed by atoms with van der Waals surface area (Å²) in [6.45, 7) is 3.75. The van der Waals surface area contributed by atoms with Gasteiger partial charge in [-0.2, -0.15) is 17.4 Å². The van der Waals surface area contributed by atoms with E-state index in [9.17, 15) is 8.42 Å². The van der Waals surface area contributed by atoms with Crippen molar-refractivity contribution in [1.82, 2.24) is 9.03 Å². The topological polar surface area (TPSA) is 49.4 Å². The van der Waals surface area contributed by atoms with Crippen LogP contribution in [0.3, 0.4) is 0 Å². The Morgan fingerprint density at radius 2 is 1.82 bits per heavy atom. The molecule has 0 aliphatic heterocycles. The zero-order valence-corrected chi connectivity index (χ0v) is 13.3. The third kappa shape index (κ3) is 3.91. The number of hydrogen-bond donors (Lipinski definition) is 1. The van der Waals surface area contributed by atoms with E-state index in [1.807, 2.05) is 13.8 Å². The standard InChI is InChI=1S/C11H23BrN2O2S/c1-10(2)14(3)17(15,16)13-11(9-12)7-5-4-6-8-11/h10,13H,4-9H2,1-3H3. The van der Waals surface area contributed by atoms with Gasteiger partial charge in [-0.3, -0.25) is 0 Å². The van der Waals surface area contributed by atoms with Crippen molar-refractivity contribution < 1.29 is 8.42 Å². The molecule has 0 radical (unpaired) electrons. The summed E-state index contributed by atoms with van der Waals surface area (Å²) in [6, 6.07) is -0.0246. The molecular weight excluding hydrogens is 304 g/mol. The minimum Gasteiger partial charge on any atom is -0.195 e. The Hall–Kier alpha value is 0.350. The van der Waals surface area contributed by atoms with E-state index in [4.69, 9.17) is 0 Å². The Bertz CT molecular complexity index is 337. The first-order valence-corrected chi connectivity index (χ1v) is 8.72. The number of halogens is 1. The summed E-state index contributed by atoms with van der Waals surface area (Å²) >= 11 is 3.46. The lowest BCUT2D eigenvalue weighted by atomic mass is 9.84. The molecular formula is C11H23BrN2O2S. The molecule has 1 N–H and O–H groups in total. The van der Waals surface area contributed by atoms with Crippen LogP contribution in [0, 0.1) is 0 Å². The van der Waals surface area contributed by atoms with Crippen LogP contribution in [0.1, 0.15) is 46.0 Å². The molecule has 0 aromatic rings. The number of nitrogens with one attached hydrogen (secondary N) is 1. The van der Waals surface area contributed by atoms with E-state index in [0.29, 0.717) is 5.33 Å². The van der Waals surface area contributed by atoms with Gasteiger partial charge in [0.25, 0.3) is 10.2 Å². The van der Waals surface area contributed by atoms with Gasteiger partial charge in [-0.15, -0.1) is 0 Å². The smallest absolute Gasteiger partial charge is 0.195 e. The van der Waals surface area contributed by atoms with Crippen molar-refractivity contribution in [3.05, 3.63) is 0 Å². The maximum atomic E-state index is 12.2. The SMILES string of the molecule is CC(C)N(C)S(=O)(=O)NC1(CBr)CCCCC1. The van der Waals surface area contributed by atoms with Gasteiger partial charge in [0, 0.05) is 24.0 Å². The number of alkyl halides is 1. The third-order valence-corrected chi connectivity index (χ3v) is 6.46. The molecule has 0 spiro atoms. The second kappa shape index (κ2) is 5.99. The van der Waals surface area contributed by atoms with Gasteiger partial charge >= 0.3 is 0 Å². The monoisotopic (exact) mass is 326 g/mol. The van der Waals surface area contributed by atoms with Gasteiger partial charge in [0.15, 0.2) is 0 Å². The van der Waals surface area contributed by atoms with Gasteiger partial charge in [-0.1, -0.05) is 35.2 Å². The van der Waals surface area contributed by atoms with Crippen LogP contribution in [0.15, 0.2) is 0 Å². The van der Waals surface area contributed by atoms with E-state index in [2.05, 4.69) is 20.7 Å². The summed E-state index contributed by atoms with van der Waals surface area (Å²) in [6.07, 6.45) is 5.24. The molecule has 0 atom stereocenters. The Balaban J connectivity index is 2.80. The molecule has 0 bridgehead atoms. The molecule has 4 nitrogen and oxygen atoms in total. The van der Waals surface area contributed by atoms with Crippen LogP contribution in [0.2, 0.25) is 0 Å². The average Bonchev–Trinajstić information content (AvgIpc) is 2.28. The first kappa shape index (κ1) is 15.4. The Labute approximate surface area is 113 Å². The fraction of sp³-hybridized carbons (Fsp3) is 1.00. The highest BCUT2D eigenvalue weighted by molar-refractivity contribution is 9.09. The second-order valence-electron chi connectivity index (χ2n) is 5.19. The summed E-state index contributed by atoms with van der Waals surface area (Å²) in [4.78, 5) is 0. The summed E-state index contributed by atoms with van der Waals surface area (Å²) in [5, 5.41) is 0.686. The van der Waals surface area contributed by atoms with Crippen LogP contribution in [0.5, 0.6) is 0 Å². The molecule has 6 heteroatoms. The van der Waals surface area contributed by atoms with Crippen molar-refractivity contribution >= 4 is 26.1 Å². The van der Waals surface area contributed by atoms with E-state index < -0.39 is 10.2 Å². The lowest BCUT2D eigenvalue weighted by molar-refractivity contribution is 0.289. The molecule has 102 valence electrons. The summed E-state index contributed by atoms with van der Waals surface area (Å²) in [7, 11) is -1.75. The van der Waals surface area contributed by atoms with E-state index in [-0.39, 0.29) is 11.6 Å². The average molecular weight is 327 g/mol. The van der Waals surface area contributed by atoms with Gasteiger partial charge in [-0.05, 0) is 26.7 Å². The van der Waals surface area contributed by atoms with Crippen molar-refractivity contribution in [1.29, 1.82) is 0 Å². The third-order valence-electron chi connectivity index (χ3n) is 3.52. The second-order valence-corrected chi connectivity index (χ2v) is 7.48. The molecule has 0 unspecified atom stereocenters. The summed E-state index contributed by atoms with van der Waals surface area (Å²) in [5.41, 5.74) is -0.291. The molecule has 0 aromatic heterocycles. The Morgan fingerprint density at radius 3 is 2.24 bits per heavy atom. The van der Waals surface area contributed by atoms with Crippen molar-refractivity contribution in [2.75, 3.05) is 12.4 Å². The lowest BCUT2D eigenvalue weighted by Gasteiger charge is -2.38. The highest BCUT2D eigenvalue weighted by Gasteiger charge is 2.36. The van der Waals surface area contributed by atoms with Gasteiger partial charge < -0.3 is 0 Å². The van der Waals surface area contributed by atoms with E-state index >= 15 is 0 Å². The minimum absolute atomic E-state index is 0.0246. The van der Waals surface area contributed by atoms with Crippen LogP contribution in [0.25, 0.3) is 0 Å². The number of nitrogens with zero attached hydrogens (tertiary/aromatic N) is 1. The zero-order chi connectivity index (χ0) is 13.1. The zero-order valence-electron chi connectivity index (χ0n) is 10.9. The van der Waals surface area contributed by atoms with E-state index in [0.717, 1.165) is 25.7 Å². The largest absolute Gasteiger partial charge is 0.279 e. The van der Waals surface area contributed by atoms with E-state index in [1.54, 1.807) is 7.05 Å². The highest BCUT2D eigenvalue weighted by Crippen LogP contribution is 2.30. The molecule has 0 saturated heterocycles. The quantitative estimate of drug-likeness (QED) is 0.788. The van der Waals surface area contributed by atoms with Gasteiger partial charge in [0.1, 0.15) is 0 Å². The molecule has 0 heterocycles. The van der Waals surface area contributed by atoms with Crippen molar-refractivity contribution in [3.8, 4) is 0 Å². The first-order valence-electron chi connectivity index (χ1n) is 6.16. The van der Waals surface area contributed by atoms with Crippen LogP contribution in [-0.4, -0.2) is 36.7 Å². The first-order chi connectivity index (χ1) is 7.83.